The van der Waals surface area contributed by atoms with E-state index in [1.807, 2.05) is 0 Å². The van der Waals surface area contributed by atoms with Crippen molar-refractivity contribution in [1.82, 2.24) is 10.6 Å². The third-order valence-corrected chi connectivity index (χ3v) is 5.53. The van der Waals surface area contributed by atoms with Crippen molar-refractivity contribution in [1.29, 1.82) is 0 Å². The van der Waals surface area contributed by atoms with Gasteiger partial charge in [0.1, 0.15) is 0 Å². The number of nitrogens with one attached hydrogen (secondary N) is 2. The zero-order valence-electron chi connectivity index (χ0n) is 11.5. The summed E-state index contributed by atoms with van der Waals surface area (Å²) in [6.45, 7) is 4.25. The Labute approximate surface area is 110 Å². The second kappa shape index (κ2) is 4.84. The highest BCUT2D eigenvalue weighted by atomic mass is 16.2. The average Bonchev–Trinajstić information content (AvgIpc) is 3.01. The summed E-state index contributed by atoms with van der Waals surface area (Å²) in [5.41, 5.74) is 0.364. The average molecular weight is 250 g/mol. The Balaban J connectivity index is 1.52. The summed E-state index contributed by atoms with van der Waals surface area (Å²) < 4.78 is 0. The number of hydrogen-bond acceptors (Lipinski definition) is 2. The first-order valence-electron chi connectivity index (χ1n) is 7.69. The van der Waals surface area contributed by atoms with E-state index >= 15 is 0 Å². The van der Waals surface area contributed by atoms with Crippen LogP contribution in [0.3, 0.4) is 0 Å². The molecule has 1 heterocycles. The predicted octanol–water partition coefficient (Wildman–Crippen LogP) is 2.07. The van der Waals surface area contributed by atoms with Crippen molar-refractivity contribution >= 4 is 5.91 Å². The van der Waals surface area contributed by atoms with E-state index in [1.165, 1.54) is 44.9 Å². The van der Waals surface area contributed by atoms with Crippen LogP contribution in [0, 0.1) is 17.3 Å². The molecule has 3 nitrogen and oxygen atoms in total. The highest BCUT2D eigenvalue weighted by Gasteiger charge is 2.42. The van der Waals surface area contributed by atoms with E-state index in [9.17, 15) is 4.79 Å². The van der Waals surface area contributed by atoms with Crippen LogP contribution in [-0.4, -0.2) is 25.0 Å². The van der Waals surface area contributed by atoms with Gasteiger partial charge in [-0.2, -0.15) is 0 Å². The topological polar surface area (TPSA) is 41.1 Å². The predicted molar refractivity (Wildman–Crippen MR) is 72.2 cm³/mol. The summed E-state index contributed by atoms with van der Waals surface area (Å²) in [5.74, 6) is 1.64. The minimum Gasteiger partial charge on any atom is -0.354 e. The zero-order valence-corrected chi connectivity index (χ0v) is 11.5. The quantitative estimate of drug-likeness (QED) is 0.805. The third kappa shape index (κ3) is 2.29. The fraction of sp³-hybridized carbons (Fsp3) is 0.933. The molecule has 0 spiro atoms. The van der Waals surface area contributed by atoms with Crippen LogP contribution < -0.4 is 10.6 Å². The van der Waals surface area contributed by atoms with Crippen molar-refractivity contribution in [3.05, 3.63) is 0 Å². The first kappa shape index (κ1) is 12.5. The van der Waals surface area contributed by atoms with Gasteiger partial charge in [-0.1, -0.05) is 26.2 Å². The lowest BCUT2D eigenvalue weighted by Crippen LogP contribution is -2.46. The van der Waals surface area contributed by atoms with Crippen molar-refractivity contribution < 1.29 is 4.79 Å². The van der Waals surface area contributed by atoms with Gasteiger partial charge in [-0.05, 0) is 49.5 Å². The molecule has 0 bridgehead atoms. The number of fused-ring (bicyclic) bond motifs is 1. The Hall–Kier alpha value is -0.570. The first-order chi connectivity index (χ1) is 8.68. The molecule has 2 aliphatic carbocycles. The SMILES string of the molecule is CC1(CNC(=O)C2NCC3CCCC32)CCCC1. The summed E-state index contributed by atoms with van der Waals surface area (Å²) in [5, 5.41) is 6.65. The maximum Gasteiger partial charge on any atom is 0.237 e. The van der Waals surface area contributed by atoms with Crippen molar-refractivity contribution in [3.63, 3.8) is 0 Å². The molecule has 3 unspecified atom stereocenters. The zero-order chi connectivity index (χ0) is 12.6. The van der Waals surface area contributed by atoms with Gasteiger partial charge in [-0.3, -0.25) is 4.79 Å². The minimum absolute atomic E-state index is 0.0995. The van der Waals surface area contributed by atoms with Crippen molar-refractivity contribution in [2.45, 2.75) is 57.9 Å². The molecule has 102 valence electrons. The molecule has 1 amide bonds. The van der Waals surface area contributed by atoms with Gasteiger partial charge in [0, 0.05) is 6.54 Å². The summed E-state index contributed by atoms with van der Waals surface area (Å²) in [4.78, 5) is 12.3. The number of rotatable bonds is 3. The smallest absolute Gasteiger partial charge is 0.237 e. The van der Waals surface area contributed by atoms with Gasteiger partial charge in [0.15, 0.2) is 0 Å². The van der Waals surface area contributed by atoms with E-state index < -0.39 is 0 Å². The van der Waals surface area contributed by atoms with Gasteiger partial charge in [0.2, 0.25) is 5.91 Å². The van der Waals surface area contributed by atoms with E-state index in [-0.39, 0.29) is 11.9 Å². The lowest BCUT2D eigenvalue weighted by molar-refractivity contribution is -0.124. The number of carbonyl (C=O) groups excluding carboxylic acids is 1. The number of amides is 1. The van der Waals surface area contributed by atoms with Crippen LogP contribution >= 0.6 is 0 Å². The monoisotopic (exact) mass is 250 g/mol. The van der Waals surface area contributed by atoms with Crippen LogP contribution in [0.25, 0.3) is 0 Å². The standard InChI is InChI=1S/C15H26N2O/c1-15(7-2-3-8-15)10-17-14(18)13-12-6-4-5-11(12)9-16-13/h11-13,16H,2-10H2,1H3,(H,17,18). The van der Waals surface area contributed by atoms with E-state index in [1.54, 1.807) is 0 Å². The number of carbonyl (C=O) groups is 1. The molecule has 1 aliphatic heterocycles. The molecular formula is C15H26N2O. The Bertz CT molecular complexity index is 322. The van der Waals surface area contributed by atoms with Crippen molar-refractivity contribution in [3.8, 4) is 0 Å². The van der Waals surface area contributed by atoms with Gasteiger partial charge >= 0.3 is 0 Å². The molecule has 0 aromatic rings. The molecule has 0 aromatic heterocycles. The Morgan fingerprint density at radius 2 is 2.06 bits per heavy atom. The summed E-state index contributed by atoms with van der Waals surface area (Å²) in [6, 6.07) is 0.0995. The molecule has 0 radical (unpaired) electrons. The van der Waals surface area contributed by atoms with E-state index in [0.717, 1.165) is 19.0 Å². The maximum atomic E-state index is 12.3. The molecule has 3 fully saturated rings. The Morgan fingerprint density at radius 3 is 2.83 bits per heavy atom. The van der Waals surface area contributed by atoms with Gasteiger partial charge in [0.05, 0.1) is 6.04 Å². The summed E-state index contributed by atoms with van der Waals surface area (Å²) in [6.07, 6.45) is 9.09. The lowest BCUT2D eigenvalue weighted by Gasteiger charge is -2.26. The van der Waals surface area contributed by atoms with Gasteiger partial charge in [0.25, 0.3) is 0 Å². The third-order valence-electron chi connectivity index (χ3n) is 5.53. The molecule has 18 heavy (non-hydrogen) atoms. The fourth-order valence-corrected chi connectivity index (χ4v) is 4.29. The summed E-state index contributed by atoms with van der Waals surface area (Å²) >= 11 is 0. The molecule has 3 heteroatoms. The van der Waals surface area contributed by atoms with Crippen molar-refractivity contribution in [2.24, 2.45) is 17.3 Å². The Kier molecular flexibility index (Phi) is 3.35. The van der Waals surface area contributed by atoms with Crippen LogP contribution in [0.15, 0.2) is 0 Å². The largest absolute Gasteiger partial charge is 0.354 e. The van der Waals surface area contributed by atoms with Crippen LogP contribution in [-0.2, 0) is 4.79 Å². The molecule has 3 atom stereocenters. The van der Waals surface area contributed by atoms with Gasteiger partial charge in [-0.15, -0.1) is 0 Å². The van der Waals surface area contributed by atoms with Crippen molar-refractivity contribution in [2.75, 3.05) is 13.1 Å². The molecule has 2 saturated carbocycles. The fourth-order valence-electron chi connectivity index (χ4n) is 4.29. The second-order valence-electron chi connectivity index (χ2n) is 6.98. The molecule has 0 aromatic carbocycles. The molecule has 2 N–H and O–H groups in total. The van der Waals surface area contributed by atoms with Gasteiger partial charge in [-0.25, -0.2) is 0 Å². The number of hydrogen-bond donors (Lipinski definition) is 2. The molecular weight excluding hydrogens is 224 g/mol. The van der Waals surface area contributed by atoms with Crippen LogP contribution in [0.4, 0.5) is 0 Å². The first-order valence-corrected chi connectivity index (χ1v) is 7.69. The lowest BCUT2D eigenvalue weighted by atomic mass is 9.88. The second-order valence-corrected chi connectivity index (χ2v) is 6.98. The molecule has 1 saturated heterocycles. The molecule has 3 aliphatic rings. The molecule has 3 rings (SSSR count). The normalized spacial score (nSPS) is 37.7. The van der Waals surface area contributed by atoms with Crippen LogP contribution in [0.1, 0.15) is 51.9 Å². The maximum absolute atomic E-state index is 12.3. The van der Waals surface area contributed by atoms with E-state index in [4.69, 9.17) is 0 Å². The van der Waals surface area contributed by atoms with E-state index in [0.29, 0.717) is 11.3 Å². The highest BCUT2D eigenvalue weighted by Crippen LogP contribution is 2.39. The summed E-state index contributed by atoms with van der Waals surface area (Å²) in [7, 11) is 0. The van der Waals surface area contributed by atoms with Crippen LogP contribution in [0.5, 0.6) is 0 Å². The van der Waals surface area contributed by atoms with E-state index in [2.05, 4.69) is 17.6 Å². The minimum atomic E-state index is 0.0995. The Morgan fingerprint density at radius 1 is 1.28 bits per heavy atom. The van der Waals surface area contributed by atoms with Crippen LogP contribution in [0.2, 0.25) is 0 Å². The highest BCUT2D eigenvalue weighted by molar-refractivity contribution is 5.82. The van der Waals surface area contributed by atoms with Gasteiger partial charge < -0.3 is 10.6 Å².